The van der Waals surface area contributed by atoms with Gasteiger partial charge in [0.1, 0.15) is 11.8 Å². The van der Waals surface area contributed by atoms with Crippen LogP contribution in [0.3, 0.4) is 0 Å². The van der Waals surface area contributed by atoms with Crippen LogP contribution in [0.4, 0.5) is 0 Å². The van der Waals surface area contributed by atoms with E-state index < -0.39 is 13.9 Å². The van der Waals surface area contributed by atoms with E-state index in [4.69, 9.17) is 19.3 Å². The Labute approximate surface area is 319 Å². The fourth-order valence-corrected chi connectivity index (χ4v) is 6.62. The molecular weight excluding hydrogens is 707 g/mol. The molecule has 294 valence electrons. The van der Waals surface area contributed by atoms with Crippen LogP contribution in [-0.4, -0.2) is 42.3 Å². The first-order chi connectivity index (χ1) is 26.0. The second-order valence-corrected chi connectivity index (χ2v) is 15.2. The monoisotopic (exact) mass is 764 g/mol. The summed E-state index contributed by atoms with van der Waals surface area (Å²) in [5.41, 5.74) is 7.51. The summed E-state index contributed by atoms with van der Waals surface area (Å²) in [5.74, 6) is -0.955. The summed E-state index contributed by atoms with van der Waals surface area (Å²) in [6.45, 7) is 6.31. The highest BCUT2D eigenvalue weighted by atomic mass is 31.2. The van der Waals surface area contributed by atoms with E-state index in [-0.39, 0.29) is 67.4 Å². The summed E-state index contributed by atoms with van der Waals surface area (Å²) in [4.78, 5) is 49.9. The quantitative estimate of drug-likeness (QED) is 0.0504. The number of hydrogen-bond acceptors (Lipinski definition) is 8. The van der Waals surface area contributed by atoms with Crippen molar-refractivity contribution in [1.29, 1.82) is 0 Å². The van der Waals surface area contributed by atoms with Gasteiger partial charge >= 0.3 is 7.82 Å². The molecule has 0 unspecified atom stereocenters. The van der Waals surface area contributed by atoms with Crippen molar-refractivity contribution < 1.29 is 37.3 Å². The van der Waals surface area contributed by atoms with E-state index in [1.54, 1.807) is 24.3 Å². The number of amides is 4. The van der Waals surface area contributed by atoms with Crippen LogP contribution in [0.15, 0.2) is 84.9 Å². The van der Waals surface area contributed by atoms with Crippen LogP contribution in [0.25, 0.3) is 0 Å². The fourth-order valence-electron chi connectivity index (χ4n) is 5.45. The van der Waals surface area contributed by atoms with E-state index in [1.165, 1.54) is 0 Å². The van der Waals surface area contributed by atoms with Crippen molar-refractivity contribution in [2.24, 2.45) is 11.7 Å². The number of phosphoric acid groups is 1. The zero-order valence-electron chi connectivity index (χ0n) is 31.8. The largest absolute Gasteiger partial charge is 0.530 e. The summed E-state index contributed by atoms with van der Waals surface area (Å²) in [6, 6.07) is 24.1. The third kappa shape index (κ3) is 17.5. The van der Waals surface area contributed by atoms with Gasteiger partial charge in [0.2, 0.25) is 23.6 Å². The van der Waals surface area contributed by atoms with Gasteiger partial charge in [-0.25, -0.2) is 4.57 Å². The predicted molar refractivity (Wildman–Crippen MR) is 209 cm³/mol. The molecular formula is C41H57N4O8P. The van der Waals surface area contributed by atoms with Gasteiger partial charge in [-0.3, -0.25) is 28.2 Å². The van der Waals surface area contributed by atoms with Gasteiger partial charge < -0.3 is 26.2 Å². The third-order valence-electron chi connectivity index (χ3n) is 8.86. The van der Waals surface area contributed by atoms with Crippen molar-refractivity contribution >= 4 is 31.5 Å². The van der Waals surface area contributed by atoms with E-state index in [2.05, 4.69) is 22.9 Å². The Kier molecular flexibility index (Phi) is 19.5. The van der Waals surface area contributed by atoms with E-state index in [1.807, 2.05) is 74.5 Å². The number of primary amides is 1. The van der Waals surface area contributed by atoms with Crippen LogP contribution in [0.1, 0.15) is 95.2 Å². The molecule has 12 nitrogen and oxygen atoms in total. The number of nitrogens with one attached hydrogen (secondary N) is 3. The Morgan fingerprint density at radius 2 is 1.30 bits per heavy atom. The smallest absolute Gasteiger partial charge is 0.404 e. The van der Waals surface area contributed by atoms with Gasteiger partial charge in [0, 0.05) is 38.3 Å². The van der Waals surface area contributed by atoms with Crippen molar-refractivity contribution in [3.05, 3.63) is 102 Å². The van der Waals surface area contributed by atoms with Crippen LogP contribution < -0.4 is 26.2 Å². The van der Waals surface area contributed by atoms with Crippen LogP contribution in [0, 0.1) is 5.92 Å². The number of hydrogen-bond donors (Lipinski definition) is 4. The molecule has 0 aliphatic heterocycles. The number of carbonyl (C=O) groups excluding carboxylic acids is 4. The minimum Gasteiger partial charge on any atom is -0.404 e. The minimum atomic E-state index is -4.08. The Bertz CT molecular complexity index is 1580. The van der Waals surface area contributed by atoms with Gasteiger partial charge in [0.15, 0.2) is 0 Å². The zero-order chi connectivity index (χ0) is 39.2. The number of nitrogens with two attached hydrogens (primary N) is 1. The second-order valence-electron chi connectivity index (χ2n) is 13.6. The molecule has 4 amide bonds. The summed E-state index contributed by atoms with van der Waals surface area (Å²) >= 11 is 0. The maximum absolute atomic E-state index is 13.8. The maximum atomic E-state index is 13.8. The lowest BCUT2D eigenvalue weighted by Crippen LogP contribution is -2.51. The molecule has 0 radical (unpaired) electrons. The summed E-state index contributed by atoms with van der Waals surface area (Å²) in [7, 11) is -4.08. The summed E-state index contributed by atoms with van der Waals surface area (Å²) < 4.78 is 31.2. The number of unbranched alkanes of at least 4 members (excludes halogenated alkanes) is 4. The average Bonchev–Trinajstić information content (AvgIpc) is 3.16. The van der Waals surface area contributed by atoms with Crippen molar-refractivity contribution in [1.82, 2.24) is 16.0 Å². The van der Waals surface area contributed by atoms with Crippen LogP contribution in [-0.2, 0) is 52.4 Å². The molecule has 0 saturated carbocycles. The molecule has 5 N–H and O–H groups in total. The zero-order valence-corrected chi connectivity index (χ0v) is 32.7. The molecule has 3 aromatic rings. The molecule has 0 aromatic heterocycles. The molecule has 0 saturated heterocycles. The van der Waals surface area contributed by atoms with Gasteiger partial charge in [0.05, 0.1) is 13.2 Å². The fraction of sp³-hybridized carbons (Fsp3) is 0.463. The first-order valence-corrected chi connectivity index (χ1v) is 20.3. The van der Waals surface area contributed by atoms with Gasteiger partial charge in [-0.2, -0.15) is 0 Å². The summed E-state index contributed by atoms with van der Waals surface area (Å²) in [5, 5.41) is 8.80. The highest BCUT2D eigenvalue weighted by Gasteiger charge is 2.30. The summed E-state index contributed by atoms with van der Waals surface area (Å²) in [6.07, 6.45) is 5.86. The highest BCUT2D eigenvalue weighted by Crippen LogP contribution is 2.51. The number of phosphoric ester groups is 1. The predicted octanol–water partition coefficient (Wildman–Crippen LogP) is 6.91. The first kappa shape index (κ1) is 43.9. The second kappa shape index (κ2) is 24.0. The lowest BCUT2D eigenvalue weighted by Gasteiger charge is -2.25. The molecule has 3 rings (SSSR count). The topological polar surface area (TPSA) is 175 Å². The normalized spacial score (nSPS) is 12.9. The molecule has 3 atom stereocenters. The van der Waals surface area contributed by atoms with Crippen molar-refractivity contribution in [2.45, 2.75) is 110 Å². The van der Waals surface area contributed by atoms with Gasteiger partial charge in [-0.15, -0.1) is 0 Å². The molecule has 54 heavy (non-hydrogen) atoms. The molecule has 0 bridgehead atoms. The number of benzene rings is 3. The van der Waals surface area contributed by atoms with Crippen LogP contribution >= 0.6 is 7.82 Å². The molecule has 13 heteroatoms. The molecule has 0 fully saturated rings. The Hall–Kier alpha value is -4.51. The molecule has 0 spiro atoms. The maximum Gasteiger partial charge on any atom is 0.530 e. The van der Waals surface area contributed by atoms with Gasteiger partial charge in [0.25, 0.3) is 0 Å². The number of carbonyl (C=O) groups is 4. The third-order valence-corrected chi connectivity index (χ3v) is 10.2. The van der Waals surface area contributed by atoms with Crippen LogP contribution in [0.2, 0.25) is 0 Å². The lowest BCUT2D eigenvalue weighted by atomic mass is 9.98. The van der Waals surface area contributed by atoms with Crippen molar-refractivity contribution in [2.75, 3.05) is 6.54 Å². The highest BCUT2D eigenvalue weighted by molar-refractivity contribution is 7.48. The van der Waals surface area contributed by atoms with Crippen molar-refractivity contribution in [3.8, 4) is 5.75 Å². The minimum absolute atomic E-state index is 0.0150. The lowest BCUT2D eigenvalue weighted by molar-refractivity contribution is -0.129. The Balaban J connectivity index is 1.64. The number of rotatable bonds is 26. The van der Waals surface area contributed by atoms with E-state index >= 15 is 0 Å². The van der Waals surface area contributed by atoms with Crippen LogP contribution in [0.5, 0.6) is 5.75 Å². The SMILES string of the molecule is CCCCCC(=O)N[C@@H](Cc1ccc(OP(=O)(OCc2ccccc2)OCc2ccccc2)cc1)C(=O)N[C@@H](C)[C@@H](C)CC(=O)NCCCCCC(N)=O. The molecule has 0 aliphatic rings. The Morgan fingerprint density at radius 3 is 1.87 bits per heavy atom. The van der Waals surface area contributed by atoms with E-state index in [0.29, 0.717) is 25.8 Å². The van der Waals surface area contributed by atoms with Gasteiger partial charge in [-0.1, -0.05) is 106 Å². The average molecular weight is 765 g/mol. The molecule has 0 aliphatic carbocycles. The van der Waals surface area contributed by atoms with E-state index in [0.717, 1.165) is 48.8 Å². The molecule has 0 heterocycles. The van der Waals surface area contributed by atoms with E-state index in [9.17, 15) is 23.7 Å². The van der Waals surface area contributed by atoms with Crippen molar-refractivity contribution in [3.63, 3.8) is 0 Å². The van der Waals surface area contributed by atoms with Gasteiger partial charge in [-0.05, 0) is 60.9 Å². The first-order valence-electron chi connectivity index (χ1n) is 18.9. The molecule has 3 aromatic carbocycles. The Morgan fingerprint density at radius 1 is 0.704 bits per heavy atom. The standard InChI is InChI=1S/C41H57N4O8P/c1-4-5-9-21-39(47)45-37(41(49)44-32(3)31(2)27-40(48)43-26-15-8-14-20-38(42)46)28-33-22-24-36(25-23-33)53-54(50,51-29-34-16-10-6-11-17-34)52-30-35-18-12-7-13-19-35/h6-7,10-13,16-19,22-25,31-32,37H,4-5,8-9,14-15,20-21,26-30H2,1-3H3,(H2,42,46)(H,43,48)(H,44,49)(H,45,47)/t31-,32-,37-/m0/s1.